The molecular formula is C29H38N6O3. The number of imidazole rings is 1. The van der Waals surface area contributed by atoms with Crippen molar-refractivity contribution in [3.8, 4) is 5.69 Å². The topological polar surface area (TPSA) is 92.6 Å². The van der Waals surface area contributed by atoms with Gasteiger partial charge in [0.2, 0.25) is 0 Å². The van der Waals surface area contributed by atoms with Crippen molar-refractivity contribution in [3.63, 3.8) is 0 Å². The Kier molecular flexibility index (Phi) is 8.22. The maximum absolute atomic E-state index is 12.8. The summed E-state index contributed by atoms with van der Waals surface area (Å²) in [5, 5.41) is 3.14. The van der Waals surface area contributed by atoms with Crippen LogP contribution in [0.4, 0.5) is 4.79 Å². The third kappa shape index (κ3) is 5.99. The number of pyridine rings is 1. The summed E-state index contributed by atoms with van der Waals surface area (Å²) in [7, 11) is 0. The number of rotatable bonds is 7. The number of aryl methyl sites for hydroxylation is 1. The minimum Gasteiger partial charge on any atom is -0.466 e. The number of benzene rings is 1. The van der Waals surface area contributed by atoms with E-state index in [9.17, 15) is 9.59 Å². The number of carbonyl (C=O) groups excluding carboxylic acids is 2. The van der Waals surface area contributed by atoms with Crippen LogP contribution in [0.25, 0.3) is 16.9 Å². The van der Waals surface area contributed by atoms with Gasteiger partial charge in [0.05, 0.1) is 19.1 Å². The predicted molar refractivity (Wildman–Crippen MR) is 146 cm³/mol. The molecule has 9 nitrogen and oxygen atoms in total. The molecular weight excluding hydrogens is 480 g/mol. The molecule has 3 aromatic rings. The molecule has 3 heterocycles. The number of fused-ring (bicyclic) bond motifs is 1. The average Bonchev–Trinajstić information content (AvgIpc) is 3.30. The van der Waals surface area contributed by atoms with Crippen LogP contribution in [0.3, 0.4) is 0 Å². The van der Waals surface area contributed by atoms with Crippen LogP contribution < -0.4 is 5.32 Å². The molecule has 1 N–H and O–H groups in total. The molecule has 5 rings (SSSR count). The Morgan fingerprint density at radius 2 is 1.84 bits per heavy atom. The fourth-order valence-electron chi connectivity index (χ4n) is 5.62. The van der Waals surface area contributed by atoms with E-state index in [1.54, 1.807) is 0 Å². The Bertz CT molecular complexity index is 1260. The van der Waals surface area contributed by atoms with Gasteiger partial charge in [-0.25, -0.2) is 14.8 Å². The molecule has 9 heteroatoms. The highest BCUT2D eigenvalue weighted by molar-refractivity contribution is 5.75. The van der Waals surface area contributed by atoms with E-state index >= 15 is 0 Å². The molecule has 1 aliphatic carbocycles. The maximum atomic E-state index is 12.8. The van der Waals surface area contributed by atoms with Gasteiger partial charge in [-0.15, -0.1) is 0 Å². The number of nitrogens with one attached hydrogen (secondary N) is 1. The van der Waals surface area contributed by atoms with Gasteiger partial charge in [-0.2, -0.15) is 0 Å². The van der Waals surface area contributed by atoms with Crippen molar-refractivity contribution in [2.75, 3.05) is 39.3 Å². The molecule has 0 radical (unpaired) electrons. The zero-order valence-corrected chi connectivity index (χ0v) is 22.4. The molecule has 1 aliphatic heterocycles. The van der Waals surface area contributed by atoms with Gasteiger partial charge in [0.15, 0.2) is 5.65 Å². The van der Waals surface area contributed by atoms with E-state index in [0.29, 0.717) is 38.7 Å². The monoisotopic (exact) mass is 518 g/mol. The summed E-state index contributed by atoms with van der Waals surface area (Å²) in [5.41, 5.74) is 4.01. The number of aromatic nitrogens is 3. The highest BCUT2D eigenvalue weighted by atomic mass is 16.5. The Hall–Kier alpha value is -3.46. The van der Waals surface area contributed by atoms with E-state index in [2.05, 4.69) is 51.0 Å². The first kappa shape index (κ1) is 26.2. The van der Waals surface area contributed by atoms with Gasteiger partial charge in [-0.3, -0.25) is 14.3 Å². The zero-order chi connectivity index (χ0) is 26.5. The van der Waals surface area contributed by atoms with E-state index in [-0.39, 0.29) is 17.9 Å². The summed E-state index contributed by atoms with van der Waals surface area (Å²) in [6, 6.07) is 12.3. The SMILES string of the molecule is CCOC(=O)C1CCC(CNC(=O)N2CCN(Cc3nc4cccnc4n3-c3cccc(C)c3)CC2)CC1. The number of hydrogen-bond donors (Lipinski definition) is 1. The molecule has 38 heavy (non-hydrogen) atoms. The largest absolute Gasteiger partial charge is 0.466 e. The van der Waals surface area contributed by atoms with Crippen LogP contribution in [0.2, 0.25) is 0 Å². The smallest absolute Gasteiger partial charge is 0.317 e. The molecule has 1 saturated carbocycles. The normalized spacial score (nSPS) is 20.4. The number of ether oxygens (including phenoxy) is 1. The number of esters is 1. The van der Waals surface area contributed by atoms with Gasteiger partial charge >= 0.3 is 12.0 Å². The Morgan fingerprint density at radius 3 is 2.58 bits per heavy atom. The number of piperazine rings is 1. The third-order valence-electron chi connectivity index (χ3n) is 7.78. The highest BCUT2D eigenvalue weighted by Gasteiger charge is 2.28. The van der Waals surface area contributed by atoms with Crippen LogP contribution in [0, 0.1) is 18.8 Å². The van der Waals surface area contributed by atoms with Crippen molar-refractivity contribution in [1.82, 2.24) is 29.7 Å². The molecule has 1 saturated heterocycles. The zero-order valence-electron chi connectivity index (χ0n) is 22.4. The third-order valence-corrected chi connectivity index (χ3v) is 7.78. The molecule has 0 bridgehead atoms. The van der Waals surface area contributed by atoms with E-state index in [4.69, 9.17) is 9.72 Å². The minimum absolute atomic E-state index is 0.00775. The maximum Gasteiger partial charge on any atom is 0.317 e. The van der Waals surface area contributed by atoms with Crippen LogP contribution in [0.5, 0.6) is 0 Å². The van der Waals surface area contributed by atoms with Crippen molar-refractivity contribution in [2.45, 2.75) is 46.1 Å². The van der Waals surface area contributed by atoms with Crippen LogP contribution in [-0.4, -0.2) is 75.7 Å². The first-order valence-corrected chi connectivity index (χ1v) is 13.8. The highest BCUT2D eigenvalue weighted by Crippen LogP contribution is 2.29. The van der Waals surface area contributed by atoms with Crippen molar-refractivity contribution in [1.29, 1.82) is 0 Å². The molecule has 0 unspecified atom stereocenters. The standard InChI is InChI=1S/C29H38N6O3/c1-3-38-28(36)23-11-9-22(10-12-23)19-31-29(37)34-16-14-33(15-17-34)20-26-32-25-8-5-13-30-27(25)35(26)24-7-4-6-21(2)18-24/h4-8,13,18,22-23H,3,9-12,14-17,19-20H2,1-2H3,(H,31,37). The Labute approximate surface area is 224 Å². The molecule has 202 valence electrons. The van der Waals surface area contributed by atoms with Gasteiger partial charge in [0.1, 0.15) is 11.3 Å². The van der Waals surface area contributed by atoms with Gasteiger partial charge in [-0.1, -0.05) is 12.1 Å². The van der Waals surface area contributed by atoms with Gasteiger partial charge in [0, 0.05) is 44.6 Å². The van der Waals surface area contributed by atoms with Crippen LogP contribution in [-0.2, 0) is 16.1 Å². The van der Waals surface area contributed by atoms with Gasteiger partial charge < -0.3 is 15.0 Å². The summed E-state index contributed by atoms with van der Waals surface area (Å²) in [6.45, 7) is 8.70. The molecule has 1 aromatic carbocycles. The molecule has 2 aliphatic rings. The fraction of sp³-hybridized carbons (Fsp3) is 0.517. The fourth-order valence-corrected chi connectivity index (χ4v) is 5.62. The van der Waals surface area contributed by atoms with Crippen molar-refractivity contribution < 1.29 is 14.3 Å². The van der Waals surface area contributed by atoms with E-state index in [1.807, 2.05) is 30.2 Å². The second kappa shape index (κ2) is 11.9. The van der Waals surface area contributed by atoms with Crippen molar-refractivity contribution in [3.05, 3.63) is 54.0 Å². The minimum atomic E-state index is -0.0708. The van der Waals surface area contributed by atoms with E-state index < -0.39 is 0 Å². The number of carbonyl (C=O) groups is 2. The second-order valence-corrected chi connectivity index (χ2v) is 10.5. The lowest BCUT2D eigenvalue weighted by atomic mass is 9.82. The Morgan fingerprint density at radius 1 is 1.05 bits per heavy atom. The molecule has 2 amide bonds. The summed E-state index contributed by atoms with van der Waals surface area (Å²) < 4.78 is 7.31. The summed E-state index contributed by atoms with van der Waals surface area (Å²) >= 11 is 0. The van der Waals surface area contributed by atoms with Crippen molar-refractivity contribution in [2.24, 2.45) is 11.8 Å². The lowest BCUT2D eigenvalue weighted by molar-refractivity contribution is -0.149. The summed E-state index contributed by atoms with van der Waals surface area (Å²) in [4.78, 5) is 38.6. The van der Waals surface area contributed by atoms with Crippen LogP contribution >= 0.6 is 0 Å². The van der Waals surface area contributed by atoms with Gasteiger partial charge in [0.25, 0.3) is 0 Å². The van der Waals surface area contributed by atoms with Crippen LogP contribution in [0.1, 0.15) is 44.0 Å². The first-order valence-electron chi connectivity index (χ1n) is 13.8. The molecule has 0 spiro atoms. The number of amides is 2. The lowest BCUT2D eigenvalue weighted by Crippen LogP contribution is -2.52. The second-order valence-electron chi connectivity index (χ2n) is 10.5. The molecule has 0 atom stereocenters. The first-order chi connectivity index (χ1) is 18.5. The quantitative estimate of drug-likeness (QED) is 0.477. The van der Waals surface area contributed by atoms with E-state index in [1.165, 1.54) is 5.56 Å². The van der Waals surface area contributed by atoms with E-state index in [0.717, 1.165) is 61.4 Å². The van der Waals surface area contributed by atoms with Crippen LogP contribution in [0.15, 0.2) is 42.6 Å². The predicted octanol–water partition coefficient (Wildman–Crippen LogP) is 3.93. The lowest BCUT2D eigenvalue weighted by Gasteiger charge is -2.35. The van der Waals surface area contributed by atoms with Gasteiger partial charge in [-0.05, 0) is 75.3 Å². The molecule has 2 fully saturated rings. The number of hydrogen-bond acceptors (Lipinski definition) is 6. The summed E-state index contributed by atoms with van der Waals surface area (Å²) in [6.07, 6.45) is 5.41. The van der Waals surface area contributed by atoms with Crippen molar-refractivity contribution >= 4 is 23.2 Å². The average molecular weight is 519 g/mol. The number of urea groups is 1. The summed E-state index contributed by atoms with van der Waals surface area (Å²) in [5.74, 6) is 1.33. The number of nitrogens with zero attached hydrogens (tertiary/aromatic N) is 5. The Balaban J connectivity index is 1.13. The molecule has 2 aromatic heterocycles.